The average Bonchev–Trinajstić information content (AvgIpc) is 2.48. The highest BCUT2D eigenvalue weighted by atomic mass is 19.1. The predicted octanol–water partition coefficient (Wildman–Crippen LogP) is 2.63. The summed E-state index contributed by atoms with van der Waals surface area (Å²) < 4.78 is 32.2. The van der Waals surface area contributed by atoms with Gasteiger partial charge < -0.3 is 15.8 Å². The SMILES string of the molecule is Nc1cc(C(=O)NCCOC2CCCCC2)c(F)cc1F. The summed E-state index contributed by atoms with van der Waals surface area (Å²) in [5.41, 5.74) is 4.83. The van der Waals surface area contributed by atoms with Gasteiger partial charge in [-0.15, -0.1) is 0 Å². The Hall–Kier alpha value is -1.69. The molecule has 0 bridgehead atoms. The van der Waals surface area contributed by atoms with E-state index in [9.17, 15) is 13.6 Å². The first-order chi connectivity index (χ1) is 10.1. The molecule has 1 saturated carbocycles. The summed E-state index contributed by atoms with van der Waals surface area (Å²) in [6, 6.07) is 1.62. The van der Waals surface area contributed by atoms with Crippen molar-refractivity contribution in [2.45, 2.75) is 38.2 Å². The van der Waals surface area contributed by atoms with Gasteiger partial charge in [0, 0.05) is 12.6 Å². The van der Waals surface area contributed by atoms with E-state index in [4.69, 9.17) is 10.5 Å². The topological polar surface area (TPSA) is 64.4 Å². The minimum Gasteiger partial charge on any atom is -0.396 e. The fourth-order valence-corrected chi connectivity index (χ4v) is 2.46. The number of nitrogen functional groups attached to an aromatic ring is 1. The fourth-order valence-electron chi connectivity index (χ4n) is 2.46. The van der Waals surface area contributed by atoms with Crippen molar-refractivity contribution >= 4 is 11.6 Å². The van der Waals surface area contributed by atoms with E-state index in [1.807, 2.05) is 0 Å². The summed E-state index contributed by atoms with van der Waals surface area (Å²) in [7, 11) is 0. The fraction of sp³-hybridized carbons (Fsp3) is 0.533. The Morgan fingerprint density at radius 2 is 1.95 bits per heavy atom. The molecule has 0 heterocycles. The summed E-state index contributed by atoms with van der Waals surface area (Å²) in [6.45, 7) is 0.667. The quantitative estimate of drug-likeness (QED) is 0.649. The Kier molecular flexibility index (Phi) is 5.50. The van der Waals surface area contributed by atoms with Crippen LogP contribution in [0.25, 0.3) is 0 Å². The predicted molar refractivity (Wildman–Crippen MR) is 75.9 cm³/mol. The molecule has 1 aliphatic carbocycles. The second-order valence-corrected chi connectivity index (χ2v) is 5.24. The van der Waals surface area contributed by atoms with Gasteiger partial charge in [-0.25, -0.2) is 8.78 Å². The molecule has 0 aliphatic heterocycles. The number of ether oxygens (including phenoxy) is 1. The van der Waals surface area contributed by atoms with Crippen LogP contribution in [-0.2, 0) is 4.74 Å². The van der Waals surface area contributed by atoms with Crippen molar-refractivity contribution in [3.05, 3.63) is 29.3 Å². The number of halogens is 2. The third-order valence-corrected chi connectivity index (χ3v) is 3.62. The number of hydrogen-bond acceptors (Lipinski definition) is 3. The van der Waals surface area contributed by atoms with Crippen molar-refractivity contribution in [1.29, 1.82) is 0 Å². The van der Waals surface area contributed by atoms with Gasteiger partial charge in [-0.05, 0) is 18.9 Å². The van der Waals surface area contributed by atoms with Gasteiger partial charge >= 0.3 is 0 Å². The molecule has 0 saturated heterocycles. The van der Waals surface area contributed by atoms with Crippen molar-refractivity contribution in [2.75, 3.05) is 18.9 Å². The van der Waals surface area contributed by atoms with E-state index in [0.29, 0.717) is 12.7 Å². The first-order valence-corrected chi connectivity index (χ1v) is 7.22. The Balaban J connectivity index is 1.78. The van der Waals surface area contributed by atoms with Gasteiger partial charge in [0.25, 0.3) is 5.91 Å². The molecule has 1 fully saturated rings. The summed E-state index contributed by atoms with van der Waals surface area (Å²) in [4.78, 5) is 11.8. The number of anilines is 1. The van der Waals surface area contributed by atoms with E-state index in [-0.39, 0.29) is 23.9 Å². The maximum Gasteiger partial charge on any atom is 0.254 e. The smallest absolute Gasteiger partial charge is 0.254 e. The van der Waals surface area contributed by atoms with Crippen LogP contribution in [0.15, 0.2) is 12.1 Å². The minimum absolute atomic E-state index is 0.250. The molecule has 0 atom stereocenters. The second kappa shape index (κ2) is 7.36. The van der Waals surface area contributed by atoms with Gasteiger partial charge in [0.2, 0.25) is 0 Å². The number of carbonyl (C=O) groups is 1. The Bertz CT molecular complexity index is 503. The number of hydrogen-bond donors (Lipinski definition) is 2. The third-order valence-electron chi connectivity index (χ3n) is 3.62. The van der Waals surface area contributed by atoms with Crippen molar-refractivity contribution in [1.82, 2.24) is 5.32 Å². The lowest BCUT2D eigenvalue weighted by Gasteiger charge is -2.22. The standard InChI is InChI=1S/C15H20F2N2O2/c16-12-9-13(17)14(18)8-11(12)15(20)19-6-7-21-10-4-2-1-3-5-10/h8-10H,1-7,18H2,(H,19,20). The van der Waals surface area contributed by atoms with Gasteiger partial charge in [-0.2, -0.15) is 0 Å². The number of nitrogens with two attached hydrogens (primary N) is 1. The molecule has 4 nitrogen and oxygen atoms in total. The summed E-state index contributed by atoms with van der Waals surface area (Å²) in [5, 5.41) is 2.54. The van der Waals surface area contributed by atoms with Gasteiger partial charge in [-0.1, -0.05) is 19.3 Å². The van der Waals surface area contributed by atoms with Gasteiger partial charge in [0.05, 0.1) is 24.0 Å². The Labute approximate surface area is 122 Å². The number of rotatable bonds is 5. The molecule has 0 unspecified atom stereocenters. The first kappa shape index (κ1) is 15.7. The number of nitrogens with one attached hydrogen (secondary N) is 1. The molecule has 6 heteroatoms. The lowest BCUT2D eigenvalue weighted by Crippen LogP contribution is -2.30. The molecule has 1 aromatic rings. The van der Waals surface area contributed by atoms with E-state index in [1.54, 1.807) is 0 Å². The summed E-state index contributed by atoms with van der Waals surface area (Å²) in [6.07, 6.45) is 5.97. The van der Waals surface area contributed by atoms with Crippen LogP contribution in [0.2, 0.25) is 0 Å². The maximum atomic E-state index is 13.5. The zero-order valence-electron chi connectivity index (χ0n) is 11.8. The molecule has 0 aromatic heterocycles. The molecule has 0 spiro atoms. The molecule has 21 heavy (non-hydrogen) atoms. The molecule has 116 valence electrons. The highest BCUT2D eigenvalue weighted by Gasteiger charge is 2.16. The monoisotopic (exact) mass is 298 g/mol. The van der Waals surface area contributed by atoms with Gasteiger partial charge in [-0.3, -0.25) is 4.79 Å². The lowest BCUT2D eigenvalue weighted by atomic mass is 9.98. The third kappa shape index (κ3) is 4.39. The van der Waals surface area contributed by atoms with E-state index in [1.165, 1.54) is 19.3 Å². The van der Waals surface area contributed by atoms with Gasteiger partial charge in [0.15, 0.2) is 0 Å². The van der Waals surface area contributed by atoms with E-state index in [2.05, 4.69) is 5.32 Å². The van der Waals surface area contributed by atoms with Crippen LogP contribution >= 0.6 is 0 Å². The van der Waals surface area contributed by atoms with E-state index < -0.39 is 17.5 Å². The Morgan fingerprint density at radius 1 is 1.24 bits per heavy atom. The minimum atomic E-state index is -0.924. The van der Waals surface area contributed by atoms with E-state index in [0.717, 1.165) is 18.9 Å². The molecule has 1 aliphatic rings. The van der Waals surface area contributed by atoms with Crippen LogP contribution in [0.5, 0.6) is 0 Å². The molecular weight excluding hydrogens is 278 g/mol. The Morgan fingerprint density at radius 3 is 2.67 bits per heavy atom. The van der Waals surface area contributed by atoms with Crippen LogP contribution in [0.4, 0.5) is 14.5 Å². The second-order valence-electron chi connectivity index (χ2n) is 5.24. The first-order valence-electron chi connectivity index (χ1n) is 7.22. The number of amides is 1. The van der Waals surface area contributed by atoms with Crippen LogP contribution in [0.3, 0.4) is 0 Å². The maximum absolute atomic E-state index is 13.5. The molecule has 3 N–H and O–H groups in total. The van der Waals surface area contributed by atoms with Crippen molar-refractivity contribution in [2.24, 2.45) is 0 Å². The lowest BCUT2D eigenvalue weighted by molar-refractivity contribution is 0.0299. The molecule has 1 amide bonds. The zero-order chi connectivity index (χ0) is 15.2. The summed E-state index contributed by atoms with van der Waals surface area (Å²) >= 11 is 0. The number of carbonyl (C=O) groups excluding carboxylic acids is 1. The van der Waals surface area contributed by atoms with Crippen molar-refractivity contribution < 1.29 is 18.3 Å². The highest BCUT2D eigenvalue weighted by Crippen LogP contribution is 2.20. The molecule has 0 radical (unpaired) electrons. The average molecular weight is 298 g/mol. The van der Waals surface area contributed by atoms with E-state index >= 15 is 0 Å². The van der Waals surface area contributed by atoms with Crippen LogP contribution in [0, 0.1) is 11.6 Å². The largest absolute Gasteiger partial charge is 0.396 e. The normalized spacial score (nSPS) is 15.9. The highest BCUT2D eigenvalue weighted by molar-refractivity contribution is 5.95. The van der Waals surface area contributed by atoms with Crippen molar-refractivity contribution in [3.8, 4) is 0 Å². The molecule has 2 rings (SSSR count). The van der Waals surface area contributed by atoms with Crippen LogP contribution < -0.4 is 11.1 Å². The van der Waals surface area contributed by atoms with Crippen LogP contribution in [0.1, 0.15) is 42.5 Å². The number of benzene rings is 1. The molecule has 1 aromatic carbocycles. The zero-order valence-corrected chi connectivity index (χ0v) is 11.8. The van der Waals surface area contributed by atoms with Crippen molar-refractivity contribution in [3.63, 3.8) is 0 Å². The summed E-state index contributed by atoms with van der Waals surface area (Å²) in [5.74, 6) is -2.41. The van der Waals surface area contributed by atoms with Crippen LogP contribution in [-0.4, -0.2) is 25.2 Å². The molecular formula is C15H20F2N2O2. The van der Waals surface area contributed by atoms with Gasteiger partial charge in [0.1, 0.15) is 11.6 Å².